The Hall–Kier alpha value is -0.360. The van der Waals surface area contributed by atoms with Crippen LogP contribution in [0.1, 0.15) is 13.3 Å². The van der Waals surface area contributed by atoms with Crippen LogP contribution in [0.15, 0.2) is 0 Å². The topological polar surface area (TPSA) is 66.4 Å². The van der Waals surface area contributed by atoms with Gasteiger partial charge in [0, 0.05) is 12.2 Å². The number of hydrogen-bond acceptors (Lipinski definition) is 4. The smallest absolute Gasteiger partial charge is 0.325 e. The van der Waals surface area contributed by atoms with E-state index in [1.165, 1.54) is 6.92 Å². The van der Waals surface area contributed by atoms with Gasteiger partial charge in [-0.15, -0.1) is 0 Å². The Bertz CT molecular complexity index is 187. The number of carboxylic acids is 1. The Labute approximate surface area is 85.2 Å². The molecule has 1 amide bonds. The summed E-state index contributed by atoms with van der Waals surface area (Å²) in [4.78, 5) is 21.4. The standard InChI is InChI=1S/C7H13NO3S2/c1-5(7(10)11)8-6(9)3-4-13-12-2/h5H,3-4H2,1-2H3,(H,8,9)(H,10,11)/t5-/m0/s1. The normalized spacial score (nSPS) is 12.2. The number of carbonyl (C=O) groups is 2. The molecule has 0 aliphatic rings. The van der Waals surface area contributed by atoms with Crippen LogP contribution in [-0.4, -0.2) is 35.0 Å². The Morgan fingerprint density at radius 3 is 2.62 bits per heavy atom. The van der Waals surface area contributed by atoms with Gasteiger partial charge in [-0.1, -0.05) is 21.6 Å². The molecule has 0 aromatic carbocycles. The van der Waals surface area contributed by atoms with Crippen LogP contribution in [0.2, 0.25) is 0 Å². The Balaban J connectivity index is 3.56. The van der Waals surface area contributed by atoms with Crippen LogP contribution in [0, 0.1) is 0 Å². The summed E-state index contributed by atoms with van der Waals surface area (Å²) in [6.45, 7) is 1.45. The molecule has 0 aliphatic carbocycles. The minimum Gasteiger partial charge on any atom is -0.480 e. The highest BCUT2D eigenvalue weighted by atomic mass is 33.1. The number of aliphatic carboxylic acids is 1. The molecule has 1 atom stereocenters. The van der Waals surface area contributed by atoms with Crippen LogP contribution in [0.4, 0.5) is 0 Å². The SMILES string of the molecule is CSSCCC(=O)N[C@@H](C)C(=O)O. The summed E-state index contributed by atoms with van der Waals surface area (Å²) in [6, 6.07) is -0.799. The predicted octanol–water partition coefficient (Wildman–Crippen LogP) is 0.977. The van der Waals surface area contributed by atoms with E-state index in [0.29, 0.717) is 12.2 Å². The lowest BCUT2D eigenvalue weighted by Crippen LogP contribution is -2.38. The van der Waals surface area contributed by atoms with Crippen molar-refractivity contribution < 1.29 is 14.7 Å². The summed E-state index contributed by atoms with van der Waals surface area (Å²) in [6.07, 6.45) is 2.30. The van der Waals surface area contributed by atoms with E-state index >= 15 is 0 Å². The van der Waals surface area contributed by atoms with Crippen molar-refractivity contribution in [1.82, 2.24) is 5.32 Å². The molecule has 0 bridgehead atoms. The molecule has 76 valence electrons. The van der Waals surface area contributed by atoms with Gasteiger partial charge in [0.1, 0.15) is 6.04 Å². The van der Waals surface area contributed by atoms with Gasteiger partial charge in [-0.2, -0.15) is 0 Å². The first kappa shape index (κ1) is 12.6. The lowest BCUT2D eigenvalue weighted by atomic mass is 10.3. The number of nitrogens with one attached hydrogen (secondary N) is 1. The van der Waals surface area contributed by atoms with Crippen LogP contribution in [0.25, 0.3) is 0 Å². The monoisotopic (exact) mass is 223 g/mol. The van der Waals surface area contributed by atoms with E-state index in [1.807, 2.05) is 6.26 Å². The fourth-order valence-corrected chi connectivity index (χ4v) is 1.78. The van der Waals surface area contributed by atoms with E-state index < -0.39 is 12.0 Å². The molecular formula is C7H13NO3S2. The predicted molar refractivity (Wildman–Crippen MR) is 55.8 cm³/mol. The van der Waals surface area contributed by atoms with Crippen molar-refractivity contribution >= 4 is 33.5 Å². The highest BCUT2D eigenvalue weighted by molar-refractivity contribution is 8.76. The minimum absolute atomic E-state index is 0.212. The molecule has 6 heteroatoms. The minimum atomic E-state index is -1.01. The molecule has 4 nitrogen and oxygen atoms in total. The largest absolute Gasteiger partial charge is 0.480 e. The first-order valence-electron chi connectivity index (χ1n) is 3.75. The fourth-order valence-electron chi connectivity index (χ4n) is 0.593. The molecule has 0 spiro atoms. The van der Waals surface area contributed by atoms with E-state index in [9.17, 15) is 9.59 Å². The van der Waals surface area contributed by atoms with E-state index in [0.717, 1.165) is 0 Å². The maximum absolute atomic E-state index is 11.0. The van der Waals surface area contributed by atoms with Crippen molar-refractivity contribution in [2.45, 2.75) is 19.4 Å². The maximum atomic E-state index is 11.0. The average molecular weight is 223 g/mol. The van der Waals surface area contributed by atoms with Gasteiger partial charge in [-0.05, 0) is 13.2 Å². The summed E-state index contributed by atoms with van der Waals surface area (Å²) in [5.41, 5.74) is 0. The van der Waals surface area contributed by atoms with Crippen LogP contribution in [0.5, 0.6) is 0 Å². The van der Waals surface area contributed by atoms with Crippen molar-refractivity contribution in [2.24, 2.45) is 0 Å². The third-order valence-corrected chi connectivity index (χ3v) is 3.09. The lowest BCUT2D eigenvalue weighted by Gasteiger charge is -2.08. The van der Waals surface area contributed by atoms with Crippen molar-refractivity contribution in [1.29, 1.82) is 0 Å². The molecule has 2 N–H and O–H groups in total. The zero-order valence-electron chi connectivity index (χ0n) is 7.57. The second kappa shape index (κ2) is 7.08. The number of carboxylic acid groups (broad SMARTS) is 1. The first-order valence-corrected chi connectivity index (χ1v) is 6.48. The summed E-state index contributed by atoms with van der Waals surface area (Å²) in [5.74, 6) is -0.512. The summed E-state index contributed by atoms with van der Waals surface area (Å²) >= 11 is 0. The lowest BCUT2D eigenvalue weighted by molar-refractivity contribution is -0.141. The van der Waals surface area contributed by atoms with Gasteiger partial charge in [-0.3, -0.25) is 9.59 Å². The van der Waals surface area contributed by atoms with Gasteiger partial charge in [0.2, 0.25) is 5.91 Å². The van der Waals surface area contributed by atoms with Crippen molar-refractivity contribution in [3.05, 3.63) is 0 Å². The Morgan fingerprint density at radius 2 is 2.15 bits per heavy atom. The molecule has 0 aromatic rings. The van der Waals surface area contributed by atoms with E-state index in [1.54, 1.807) is 21.6 Å². The van der Waals surface area contributed by atoms with Gasteiger partial charge >= 0.3 is 5.97 Å². The van der Waals surface area contributed by atoms with E-state index in [4.69, 9.17) is 5.11 Å². The third-order valence-electron chi connectivity index (χ3n) is 1.28. The molecule has 0 saturated carbocycles. The van der Waals surface area contributed by atoms with Gasteiger partial charge in [0.25, 0.3) is 0 Å². The second-order valence-electron chi connectivity index (χ2n) is 2.37. The molecule has 0 rings (SSSR count). The van der Waals surface area contributed by atoms with Crippen LogP contribution in [-0.2, 0) is 9.59 Å². The zero-order valence-corrected chi connectivity index (χ0v) is 9.20. The number of hydrogen-bond donors (Lipinski definition) is 2. The molecule has 0 radical (unpaired) electrons. The average Bonchev–Trinajstić information content (AvgIpc) is 2.04. The highest BCUT2D eigenvalue weighted by Gasteiger charge is 2.12. The van der Waals surface area contributed by atoms with Crippen molar-refractivity contribution in [2.75, 3.05) is 12.0 Å². The number of rotatable bonds is 6. The third kappa shape index (κ3) is 6.77. The Morgan fingerprint density at radius 1 is 1.54 bits per heavy atom. The number of amides is 1. The molecular weight excluding hydrogens is 210 g/mol. The molecule has 13 heavy (non-hydrogen) atoms. The van der Waals surface area contributed by atoms with Crippen LogP contribution < -0.4 is 5.32 Å². The van der Waals surface area contributed by atoms with Crippen molar-refractivity contribution in [3.8, 4) is 0 Å². The Kier molecular flexibility index (Phi) is 6.89. The maximum Gasteiger partial charge on any atom is 0.325 e. The summed E-state index contributed by atoms with van der Waals surface area (Å²) < 4.78 is 0. The molecule has 0 aromatic heterocycles. The summed E-state index contributed by atoms with van der Waals surface area (Å²) in [5, 5.41) is 10.9. The molecule has 0 unspecified atom stereocenters. The molecule has 0 heterocycles. The molecule has 0 aliphatic heterocycles. The van der Waals surface area contributed by atoms with Gasteiger partial charge < -0.3 is 10.4 Å². The highest BCUT2D eigenvalue weighted by Crippen LogP contribution is 2.17. The fraction of sp³-hybridized carbons (Fsp3) is 0.714. The molecule has 0 fully saturated rings. The van der Waals surface area contributed by atoms with Gasteiger partial charge in [-0.25, -0.2) is 0 Å². The van der Waals surface area contributed by atoms with Gasteiger partial charge in [0.15, 0.2) is 0 Å². The van der Waals surface area contributed by atoms with Crippen LogP contribution in [0.3, 0.4) is 0 Å². The first-order chi connectivity index (χ1) is 6.07. The van der Waals surface area contributed by atoms with E-state index in [-0.39, 0.29) is 5.91 Å². The molecule has 0 saturated heterocycles. The quantitative estimate of drug-likeness (QED) is 0.519. The summed E-state index contributed by atoms with van der Waals surface area (Å²) in [7, 11) is 3.17. The zero-order chi connectivity index (χ0) is 10.3. The van der Waals surface area contributed by atoms with Gasteiger partial charge in [0.05, 0.1) is 0 Å². The van der Waals surface area contributed by atoms with E-state index in [2.05, 4.69) is 5.32 Å². The van der Waals surface area contributed by atoms with Crippen LogP contribution >= 0.6 is 21.6 Å². The second-order valence-corrected chi connectivity index (χ2v) is 5.05. The van der Waals surface area contributed by atoms with Crippen molar-refractivity contribution in [3.63, 3.8) is 0 Å². The number of carbonyl (C=O) groups excluding carboxylic acids is 1.